The van der Waals surface area contributed by atoms with Crippen LogP contribution in [-0.4, -0.2) is 29.2 Å². The molecule has 0 unspecified atom stereocenters. The number of nitro groups is 1. The van der Waals surface area contributed by atoms with Crippen molar-refractivity contribution in [3.05, 3.63) is 32.3 Å². The second-order valence-corrected chi connectivity index (χ2v) is 5.87. The van der Waals surface area contributed by atoms with Gasteiger partial charge >= 0.3 is 0 Å². The summed E-state index contributed by atoms with van der Waals surface area (Å²) in [6, 6.07) is 3.24. The number of aliphatic hydroxyl groups is 1. The smallest absolute Gasteiger partial charge is 0.273 e. The van der Waals surface area contributed by atoms with Gasteiger partial charge in [-0.2, -0.15) is 0 Å². The van der Waals surface area contributed by atoms with Crippen molar-refractivity contribution in [3.8, 4) is 0 Å². The Balaban J connectivity index is 3.12. The molecule has 0 saturated carbocycles. The van der Waals surface area contributed by atoms with E-state index in [4.69, 9.17) is 0 Å². The molecule has 0 bridgehead atoms. The van der Waals surface area contributed by atoms with Crippen LogP contribution >= 0.6 is 15.9 Å². The van der Waals surface area contributed by atoms with Gasteiger partial charge in [0.05, 0.1) is 16.2 Å². The fraction of sp³-hybridized carbons (Fsp3) is 0.500. The van der Waals surface area contributed by atoms with Crippen LogP contribution in [0, 0.1) is 17.0 Å². The van der Waals surface area contributed by atoms with Gasteiger partial charge in [-0.1, -0.05) is 0 Å². The minimum absolute atomic E-state index is 0.0854. The van der Waals surface area contributed by atoms with Crippen LogP contribution in [0.3, 0.4) is 0 Å². The lowest BCUT2D eigenvalue weighted by atomic mass is 10.1. The quantitative estimate of drug-likeness (QED) is 0.685. The number of likely N-dealkylation sites (N-methyl/N-ethyl adjacent to an activating group) is 1. The number of benzene rings is 1. The van der Waals surface area contributed by atoms with Crippen LogP contribution in [0.2, 0.25) is 0 Å². The highest BCUT2D eigenvalue weighted by Gasteiger charge is 2.20. The van der Waals surface area contributed by atoms with Crippen molar-refractivity contribution < 1.29 is 10.0 Å². The highest BCUT2D eigenvalue weighted by molar-refractivity contribution is 9.10. The Morgan fingerprint density at radius 1 is 1.50 bits per heavy atom. The summed E-state index contributed by atoms with van der Waals surface area (Å²) in [5.74, 6) is 0. The van der Waals surface area contributed by atoms with E-state index >= 15 is 0 Å². The molecule has 1 aromatic rings. The zero-order valence-electron chi connectivity index (χ0n) is 10.9. The van der Waals surface area contributed by atoms with E-state index in [0.29, 0.717) is 16.6 Å². The second kappa shape index (κ2) is 5.24. The summed E-state index contributed by atoms with van der Waals surface area (Å²) in [5.41, 5.74) is 0.674. The standard InChI is InChI=1S/C12H17BrN2O3/c1-8-5-11(14(4)7-12(2,3)16)9(13)6-10(8)15(17)18/h5-6,16H,7H2,1-4H3. The molecular weight excluding hydrogens is 300 g/mol. The first-order valence-electron chi connectivity index (χ1n) is 5.50. The molecule has 6 heteroatoms. The first-order valence-corrected chi connectivity index (χ1v) is 6.29. The predicted octanol–water partition coefficient (Wildman–Crippen LogP) is 2.87. The molecule has 0 atom stereocenters. The Morgan fingerprint density at radius 2 is 2.06 bits per heavy atom. The van der Waals surface area contributed by atoms with Gasteiger partial charge in [-0.15, -0.1) is 0 Å². The molecule has 1 aromatic carbocycles. The SMILES string of the molecule is Cc1cc(N(C)CC(C)(C)O)c(Br)cc1[N+](=O)[O-]. The molecular formula is C12H17BrN2O3. The summed E-state index contributed by atoms with van der Waals surface area (Å²) in [6.45, 7) is 5.57. The first-order chi connectivity index (χ1) is 8.11. The van der Waals surface area contributed by atoms with Crippen molar-refractivity contribution in [2.75, 3.05) is 18.5 Å². The summed E-state index contributed by atoms with van der Waals surface area (Å²) in [6.07, 6.45) is 0. The minimum atomic E-state index is -0.829. The molecule has 1 N–H and O–H groups in total. The third-order valence-electron chi connectivity index (χ3n) is 2.50. The molecule has 0 saturated heterocycles. The number of nitrogens with zero attached hydrogens (tertiary/aromatic N) is 2. The lowest BCUT2D eigenvalue weighted by Crippen LogP contribution is -2.36. The van der Waals surface area contributed by atoms with E-state index in [1.54, 1.807) is 26.8 Å². The summed E-state index contributed by atoms with van der Waals surface area (Å²) in [5, 5.41) is 20.6. The van der Waals surface area contributed by atoms with E-state index in [0.717, 1.165) is 5.69 Å². The van der Waals surface area contributed by atoms with Crippen LogP contribution in [0.25, 0.3) is 0 Å². The minimum Gasteiger partial charge on any atom is -0.389 e. The molecule has 0 heterocycles. The molecule has 18 heavy (non-hydrogen) atoms. The highest BCUT2D eigenvalue weighted by atomic mass is 79.9. The summed E-state index contributed by atoms with van der Waals surface area (Å²) < 4.78 is 0.645. The van der Waals surface area contributed by atoms with Gasteiger partial charge in [0.2, 0.25) is 0 Å². The average Bonchev–Trinajstić information content (AvgIpc) is 2.17. The third kappa shape index (κ3) is 3.68. The van der Waals surface area contributed by atoms with Gasteiger partial charge in [0.1, 0.15) is 0 Å². The Hall–Kier alpha value is -1.14. The van der Waals surface area contributed by atoms with Crippen LogP contribution in [0.15, 0.2) is 16.6 Å². The Kier molecular flexibility index (Phi) is 4.34. The van der Waals surface area contributed by atoms with Crippen molar-refractivity contribution in [1.82, 2.24) is 0 Å². The normalized spacial score (nSPS) is 11.4. The number of rotatable bonds is 4. The highest BCUT2D eigenvalue weighted by Crippen LogP contribution is 2.33. The Bertz CT molecular complexity index is 469. The fourth-order valence-corrected chi connectivity index (χ4v) is 2.44. The third-order valence-corrected chi connectivity index (χ3v) is 3.13. The molecule has 0 aliphatic carbocycles. The van der Waals surface area contributed by atoms with Gasteiger partial charge in [-0.25, -0.2) is 0 Å². The van der Waals surface area contributed by atoms with Gasteiger partial charge < -0.3 is 10.0 Å². The van der Waals surface area contributed by atoms with Crippen molar-refractivity contribution in [2.45, 2.75) is 26.4 Å². The molecule has 100 valence electrons. The van der Waals surface area contributed by atoms with E-state index in [2.05, 4.69) is 15.9 Å². The van der Waals surface area contributed by atoms with Crippen LogP contribution in [0.5, 0.6) is 0 Å². The molecule has 0 aliphatic heterocycles. The van der Waals surface area contributed by atoms with E-state index in [-0.39, 0.29) is 5.69 Å². The van der Waals surface area contributed by atoms with Gasteiger partial charge in [0, 0.05) is 29.7 Å². The first kappa shape index (κ1) is 14.9. The molecule has 1 rings (SSSR count). The van der Waals surface area contributed by atoms with Crippen LogP contribution in [0.4, 0.5) is 11.4 Å². The second-order valence-electron chi connectivity index (χ2n) is 5.02. The zero-order chi connectivity index (χ0) is 14.1. The monoisotopic (exact) mass is 316 g/mol. The maximum atomic E-state index is 10.8. The zero-order valence-corrected chi connectivity index (χ0v) is 12.5. The molecule has 0 spiro atoms. The summed E-state index contributed by atoms with van der Waals surface area (Å²) in [7, 11) is 1.84. The molecule has 0 aliphatic rings. The average molecular weight is 317 g/mol. The van der Waals surface area contributed by atoms with Crippen molar-refractivity contribution >= 4 is 27.3 Å². The van der Waals surface area contributed by atoms with E-state index < -0.39 is 10.5 Å². The van der Waals surface area contributed by atoms with Crippen molar-refractivity contribution in [1.29, 1.82) is 0 Å². The van der Waals surface area contributed by atoms with Gasteiger partial charge in [0.15, 0.2) is 0 Å². The predicted molar refractivity (Wildman–Crippen MR) is 75.1 cm³/mol. The maximum Gasteiger partial charge on any atom is 0.273 e. The van der Waals surface area contributed by atoms with E-state index in [9.17, 15) is 15.2 Å². The molecule has 0 amide bonds. The lowest BCUT2D eigenvalue weighted by molar-refractivity contribution is -0.385. The van der Waals surface area contributed by atoms with Gasteiger partial charge in [-0.3, -0.25) is 10.1 Å². The molecule has 0 fully saturated rings. The fourth-order valence-electron chi connectivity index (χ4n) is 1.81. The van der Waals surface area contributed by atoms with E-state index in [1.165, 1.54) is 6.07 Å². The van der Waals surface area contributed by atoms with Crippen LogP contribution < -0.4 is 4.90 Å². The van der Waals surface area contributed by atoms with E-state index in [1.807, 2.05) is 11.9 Å². The largest absolute Gasteiger partial charge is 0.389 e. The molecule has 5 nitrogen and oxygen atoms in total. The van der Waals surface area contributed by atoms with Gasteiger partial charge in [0.25, 0.3) is 5.69 Å². The number of halogens is 1. The van der Waals surface area contributed by atoms with Crippen LogP contribution in [0.1, 0.15) is 19.4 Å². The number of aryl methyl sites for hydroxylation is 1. The van der Waals surface area contributed by atoms with Gasteiger partial charge in [-0.05, 0) is 42.8 Å². The number of hydrogen-bond donors (Lipinski definition) is 1. The number of hydrogen-bond acceptors (Lipinski definition) is 4. The maximum absolute atomic E-state index is 10.8. The Morgan fingerprint density at radius 3 is 2.50 bits per heavy atom. The Labute approximate surface area is 115 Å². The van der Waals surface area contributed by atoms with Crippen molar-refractivity contribution in [3.63, 3.8) is 0 Å². The number of nitro benzene ring substituents is 1. The topological polar surface area (TPSA) is 66.6 Å². The van der Waals surface area contributed by atoms with Crippen LogP contribution in [-0.2, 0) is 0 Å². The summed E-state index contributed by atoms with van der Waals surface area (Å²) in [4.78, 5) is 12.3. The molecule has 0 radical (unpaired) electrons. The molecule has 0 aromatic heterocycles. The van der Waals surface area contributed by atoms with Crippen molar-refractivity contribution in [2.24, 2.45) is 0 Å². The lowest BCUT2D eigenvalue weighted by Gasteiger charge is -2.28. The summed E-state index contributed by atoms with van der Waals surface area (Å²) >= 11 is 3.33. The number of anilines is 1.